The van der Waals surface area contributed by atoms with Crippen LogP contribution in [0, 0.1) is 0 Å². The van der Waals surface area contributed by atoms with E-state index in [1.807, 2.05) is 11.3 Å². The fourth-order valence-corrected chi connectivity index (χ4v) is 19.2. The maximum atomic E-state index is 4.53. The van der Waals surface area contributed by atoms with Crippen molar-refractivity contribution in [2.45, 2.75) is 18.8 Å². The smallest absolute Gasteiger partial charge is 0.179 e. The molecule has 2 unspecified atom stereocenters. The largest absolute Gasteiger partial charge is 0.309 e. The van der Waals surface area contributed by atoms with Gasteiger partial charge in [-0.3, -0.25) is 0 Å². The molecule has 0 saturated heterocycles. The quantitative estimate of drug-likeness (QED) is 0.0772. The maximum Gasteiger partial charge on any atom is 0.179 e. The molecule has 2 atom stereocenters. The van der Waals surface area contributed by atoms with E-state index in [-0.39, 0.29) is 11.8 Å². The van der Waals surface area contributed by atoms with Gasteiger partial charge in [0, 0.05) is 42.8 Å². The highest BCUT2D eigenvalue weighted by molar-refractivity contribution is 7.25. The molecule has 15 rings (SSSR count). The van der Waals surface area contributed by atoms with Crippen molar-refractivity contribution in [1.29, 1.82) is 0 Å². The molecule has 10 aromatic carbocycles. The van der Waals surface area contributed by atoms with Crippen LogP contribution in [0.5, 0.6) is 0 Å². The summed E-state index contributed by atoms with van der Waals surface area (Å²) in [6, 6.07) is 91.6. The molecule has 3 aliphatic carbocycles. The molecular weight excluding hydrogens is 903 g/mol. The summed E-state index contributed by atoms with van der Waals surface area (Å²) in [4.78, 5) is 0. The van der Waals surface area contributed by atoms with Crippen LogP contribution < -0.4 is 15.6 Å². The van der Waals surface area contributed by atoms with Gasteiger partial charge in [0.15, 0.2) is 8.07 Å². The minimum Gasteiger partial charge on any atom is -0.309 e. The van der Waals surface area contributed by atoms with Gasteiger partial charge in [-0.05, 0) is 120 Å². The standard InChI is InChI=1S/C69H49NSSi/c1-3-21-65(72(50-25-9-5-10-26-50,51-27-11-6-12-28-51)52-29-19-24-47(42-52)46-22-7-4-8-23-46)67-45(2)66-55-32-13-14-33-56(55)69(67)68-57(66)34-20-36-62(68)70-60-35-17-15-30-53(60)58-43-48(38-40-61(58)70)49-39-41-64-59(44-49)54-31-16-18-37-63(54)71-64/h3-44,66,69H,1H2,2H3/b65-21+. The molecule has 340 valence electrons. The summed E-state index contributed by atoms with van der Waals surface area (Å²) in [5.41, 5.74) is 17.0. The molecule has 0 amide bonds. The van der Waals surface area contributed by atoms with Crippen molar-refractivity contribution in [3.63, 3.8) is 0 Å². The Balaban J connectivity index is 1.02. The Labute approximate surface area is 425 Å². The molecule has 2 heterocycles. The number of benzene rings is 10. The number of nitrogens with zero attached hydrogens (tertiary/aromatic N) is 1. The maximum absolute atomic E-state index is 4.53. The van der Waals surface area contributed by atoms with Crippen molar-refractivity contribution < 1.29 is 0 Å². The molecule has 12 aromatic rings. The Kier molecular flexibility index (Phi) is 9.99. The summed E-state index contributed by atoms with van der Waals surface area (Å²) >= 11 is 1.87. The van der Waals surface area contributed by atoms with Gasteiger partial charge < -0.3 is 4.57 Å². The predicted octanol–water partition coefficient (Wildman–Crippen LogP) is 16.2. The fourth-order valence-electron chi connectivity index (χ4n) is 13.0. The third-order valence-corrected chi connectivity index (χ3v) is 21.9. The predicted molar refractivity (Wildman–Crippen MR) is 310 cm³/mol. The minimum absolute atomic E-state index is 0.0529. The molecular formula is C69H49NSSi. The van der Waals surface area contributed by atoms with Crippen molar-refractivity contribution in [1.82, 2.24) is 4.57 Å². The van der Waals surface area contributed by atoms with Crippen molar-refractivity contribution in [3.05, 3.63) is 300 Å². The topological polar surface area (TPSA) is 4.93 Å². The van der Waals surface area contributed by atoms with Crippen LogP contribution in [0.15, 0.2) is 278 Å². The monoisotopic (exact) mass is 951 g/mol. The molecule has 2 aromatic heterocycles. The molecule has 0 fully saturated rings. The van der Waals surface area contributed by atoms with Crippen LogP contribution in [0.2, 0.25) is 0 Å². The number of hydrogen-bond donors (Lipinski definition) is 0. The first kappa shape index (κ1) is 42.5. The first-order valence-electron chi connectivity index (χ1n) is 25.1. The summed E-state index contributed by atoms with van der Waals surface area (Å²) < 4.78 is 5.24. The van der Waals surface area contributed by atoms with Gasteiger partial charge in [0.2, 0.25) is 0 Å². The highest BCUT2D eigenvalue weighted by Gasteiger charge is 2.51. The lowest BCUT2D eigenvalue weighted by molar-refractivity contribution is 0.734. The number of allylic oxidation sites excluding steroid dienone is 5. The van der Waals surface area contributed by atoms with Gasteiger partial charge in [-0.25, -0.2) is 0 Å². The molecule has 1 nitrogen and oxygen atoms in total. The van der Waals surface area contributed by atoms with Crippen LogP contribution in [0.4, 0.5) is 0 Å². The first-order valence-corrected chi connectivity index (χ1v) is 27.9. The van der Waals surface area contributed by atoms with E-state index in [9.17, 15) is 0 Å². The van der Waals surface area contributed by atoms with Gasteiger partial charge in [-0.1, -0.05) is 224 Å². The molecule has 0 aliphatic heterocycles. The Morgan fingerprint density at radius 3 is 1.74 bits per heavy atom. The lowest BCUT2D eigenvalue weighted by Crippen LogP contribution is -2.69. The van der Waals surface area contributed by atoms with E-state index in [0.29, 0.717) is 0 Å². The van der Waals surface area contributed by atoms with Crippen LogP contribution in [0.3, 0.4) is 0 Å². The number of thiophene rings is 1. The zero-order valence-corrected chi connectivity index (χ0v) is 41.8. The first-order chi connectivity index (χ1) is 35.6. The lowest BCUT2D eigenvalue weighted by atomic mass is 9.60. The molecule has 0 saturated carbocycles. The average Bonchev–Trinajstić information content (AvgIpc) is 3.99. The zero-order valence-electron chi connectivity index (χ0n) is 40.0. The van der Waals surface area contributed by atoms with Gasteiger partial charge in [0.25, 0.3) is 0 Å². The summed E-state index contributed by atoms with van der Waals surface area (Å²) in [5, 5.41) is 10.6. The molecule has 3 heteroatoms. The second kappa shape index (κ2) is 16.9. The van der Waals surface area contributed by atoms with E-state index in [4.69, 9.17) is 0 Å². The highest BCUT2D eigenvalue weighted by Crippen LogP contribution is 2.59. The Morgan fingerprint density at radius 2 is 0.986 bits per heavy atom. The van der Waals surface area contributed by atoms with Gasteiger partial charge in [0.05, 0.1) is 16.7 Å². The molecule has 0 spiro atoms. The van der Waals surface area contributed by atoms with Crippen LogP contribution in [0.1, 0.15) is 41.0 Å². The van der Waals surface area contributed by atoms with E-state index in [1.54, 1.807) is 0 Å². The average molecular weight is 952 g/mol. The number of rotatable bonds is 9. The van der Waals surface area contributed by atoms with E-state index < -0.39 is 8.07 Å². The third-order valence-electron chi connectivity index (χ3n) is 15.9. The highest BCUT2D eigenvalue weighted by atomic mass is 32.1. The Morgan fingerprint density at radius 1 is 0.444 bits per heavy atom. The second-order valence-electron chi connectivity index (χ2n) is 19.5. The lowest BCUT2D eigenvalue weighted by Gasteiger charge is -2.48. The molecule has 0 N–H and O–H groups in total. The van der Waals surface area contributed by atoms with Crippen LogP contribution in [-0.2, 0) is 0 Å². The molecule has 0 radical (unpaired) electrons. The number of fused-ring (bicyclic) bond motifs is 6. The Bertz CT molecular complexity index is 4150. The van der Waals surface area contributed by atoms with E-state index in [0.717, 1.165) is 0 Å². The summed E-state index contributed by atoms with van der Waals surface area (Å²) in [7, 11) is -3.16. The second-order valence-corrected chi connectivity index (χ2v) is 24.4. The van der Waals surface area contributed by atoms with Gasteiger partial charge >= 0.3 is 0 Å². The zero-order chi connectivity index (χ0) is 47.9. The fraction of sp³-hybridized carbons (Fsp3) is 0.0435. The normalized spacial score (nSPS) is 15.4. The number of aromatic nitrogens is 1. The van der Waals surface area contributed by atoms with E-state index in [2.05, 4.69) is 273 Å². The molecule has 2 bridgehead atoms. The SMILES string of the molecule is C=C/C=C(\C1=C(C)C2c3ccccc3C1c1c2cccc1-n1c2ccccc2c2cc(-c3ccc4sc5ccccc5c4c3)ccc21)[Si](c1ccccc1)(c1ccccc1)c1cccc(-c2ccccc2)c1. The van der Waals surface area contributed by atoms with Crippen LogP contribution >= 0.6 is 11.3 Å². The number of para-hydroxylation sites is 1. The summed E-state index contributed by atoms with van der Waals surface area (Å²) in [6.45, 7) is 6.97. The molecule has 3 aliphatic rings. The van der Waals surface area contributed by atoms with Crippen LogP contribution in [-0.4, -0.2) is 12.6 Å². The van der Waals surface area contributed by atoms with Gasteiger partial charge in [-0.2, -0.15) is 0 Å². The van der Waals surface area contributed by atoms with Crippen molar-refractivity contribution in [3.8, 4) is 27.9 Å². The minimum atomic E-state index is -3.16. The summed E-state index contributed by atoms with van der Waals surface area (Å²) in [5.74, 6) is 0.0175. The third kappa shape index (κ3) is 6.31. The Hall–Kier alpha value is -8.34. The van der Waals surface area contributed by atoms with Gasteiger partial charge in [0.1, 0.15) is 0 Å². The van der Waals surface area contributed by atoms with Crippen molar-refractivity contribution in [2.75, 3.05) is 0 Å². The van der Waals surface area contributed by atoms with E-state index in [1.165, 1.54) is 124 Å². The van der Waals surface area contributed by atoms with E-state index >= 15 is 0 Å². The summed E-state index contributed by atoms with van der Waals surface area (Å²) in [6.07, 6.45) is 4.47. The van der Waals surface area contributed by atoms with Crippen molar-refractivity contribution in [2.24, 2.45) is 0 Å². The van der Waals surface area contributed by atoms with Gasteiger partial charge in [-0.15, -0.1) is 11.3 Å². The number of hydrogen-bond acceptors (Lipinski definition) is 1. The molecule has 72 heavy (non-hydrogen) atoms. The van der Waals surface area contributed by atoms with Crippen molar-refractivity contribution >= 4 is 76.9 Å². The van der Waals surface area contributed by atoms with Crippen LogP contribution in [0.25, 0.3) is 69.9 Å².